The quantitative estimate of drug-likeness (QED) is 0.0605. The van der Waals surface area contributed by atoms with Gasteiger partial charge in [0.2, 0.25) is 17.7 Å². The monoisotopic (exact) mass is 1250 g/mol. The Kier molecular flexibility index (Phi) is 18.5. The topological polar surface area (TPSA) is 332 Å². The third kappa shape index (κ3) is 13.3. The SMILES string of the molecule is CNC(=O)C[C@@H]1NC(=O)c2csc(n2)-c2ccc(-c3nc(NC(=O)C4CCC(C(=O)O)CC4)cs3)nc2-c2csc(n2)-c2csc(n2)[C@H]([C@@H](O)c2ccccc2)NC(=O)CNC(=O)c2nc(sc2COC)[C@H](C(C)C)NC(=O)c2nc1sc2C. The number of amides is 6. The zero-order chi connectivity index (χ0) is 59.3. The second kappa shape index (κ2) is 26.1. The zero-order valence-corrected chi connectivity index (χ0v) is 50.5. The molecule has 23 nitrogen and oxygen atoms in total. The minimum Gasteiger partial charge on any atom is -0.481 e. The van der Waals surface area contributed by atoms with Crippen molar-refractivity contribution in [1.29, 1.82) is 0 Å². The summed E-state index contributed by atoms with van der Waals surface area (Å²) >= 11 is 7.19. The van der Waals surface area contributed by atoms with E-state index in [4.69, 9.17) is 39.6 Å². The summed E-state index contributed by atoms with van der Waals surface area (Å²) in [7, 11) is 2.94. The normalized spacial score (nSPS) is 19.1. The van der Waals surface area contributed by atoms with E-state index in [0.29, 0.717) is 100 Å². The Balaban J connectivity index is 1.03. The number of thiazole rings is 6. The standard InChI is InChI=1S/C55H55N13O10S6/c1-24(2)39-54-68-42(35(84-54)19-78-5)47(74)57-18-38(70)65-43(44(71)26-9-7-6-8-10-26)53-62-34(22-81-53)51-60-32(20-80-51)41-29(15-16-30(58-41)50-64-36(23-82-50)63-45(72)27-11-13-28(14-12-27)55(76)77)49-61-33(21-79-49)46(73)59-31(17-37(69)56-4)52-67-40(25(3)83-52)48(75)66-39/h6-10,15-16,20-24,27-28,31,39,43-44,71H,11-14,17-19H2,1-5H3,(H,56,69)(H,57,74)(H,59,73)(H,63,72)(H,65,70)(H,66,75)(H,76,77)/t27?,28?,31-,39-,43-,44-/m0/s1. The summed E-state index contributed by atoms with van der Waals surface area (Å²) in [6, 6.07) is 9.50. The molecule has 10 bridgehead atoms. The van der Waals surface area contributed by atoms with E-state index in [1.54, 1.807) is 70.9 Å². The number of carboxylic acid groups (broad SMARTS) is 1. The number of carbonyl (C=O) groups is 7. The van der Waals surface area contributed by atoms with Crippen LogP contribution in [0.3, 0.4) is 0 Å². The number of nitrogens with zero attached hydrogens (tertiary/aromatic N) is 7. The van der Waals surface area contributed by atoms with Gasteiger partial charge in [-0.3, -0.25) is 33.6 Å². The zero-order valence-electron chi connectivity index (χ0n) is 45.6. The fraction of sp³-hybridized carbons (Fsp3) is 0.345. The molecule has 1 aliphatic heterocycles. The summed E-state index contributed by atoms with van der Waals surface area (Å²) in [5.74, 6) is -4.74. The van der Waals surface area contributed by atoms with Gasteiger partial charge in [-0.2, -0.15) is 0 Å². The van der Waals surface area contributed by atoms with E-state index in [-0.39, 0.29) is 52.9 Å². The molecular weight excluding hydrogens is 1200 g/mol. The van der Waals surface area contributed by atoms with Crippen molar-refractivity contribution in [2.45, 2.75) is 83.7 Å². The summed E-state index contributed by atoms with van der Waals surface area (Å²) < 4.78 is 5.45. The fourth-order valence-electron chi connectivity index (χ4n) is 9.47. The number of carboxylic acids is 1. The minimum atomic E-state index is -1.28. The number of pyridine rings is 1. The van der Waals surface area contributed by atoms with Crippen LogP contribution in [0.5, 0.6) is 0 Å². The highest BCUT2D eigenvalue weighted by Gasteiger charge is 2.34. The highest BCUT2D eigenvalue weighted by molar-refractivity contribution is 7.15. The van der Waals surface area contributed by atoms with E-state index in [9.17, 15) is 43.8 Å². The number of nitrogens with one attached hydrogen (secondary N) is 6. The highest BCUT2D eigenvalue weighted by atomic mass is 32.1. The van der Waals surface area contributed by atoms with Gasteiger partial charge in [-0.05, 0) is 56.2 Å². The smallest absolute Gasteiger partial charge is 0.306 e. The molecule has 4 atom stereocenters. The van der Waals surface area contributed by atoms with Crippen molar-refractivity contribution in [1.82, 2.24) is 61.5 Å². The molecule has 8 heterocycles. The molecule has 0 unspecified atom stereocenters. The lowest BCUT2D eigenvalue weighted by Crippen LogP contribution is -2.40. The lowest BCUT2D eigenvalue weighted by molar-refractivity contribution is -0.143. The molecule has 29 heteroatoms. The van der Waals surface area contributed by atoms with Crippen LogP contribution in [0, 0.1) is 24.7 Å². The van der Waals surface area contributed by atoms with Gasteiger partial charge in [-0.25, -0.2) is 34.9 Å². The van der Waals surface area contributed by atoms with Gasteiger partial charge < -0.3 is 46.9 Å². The molecule has 1 aromatic carbocycles. The van der Waals surface area contributed by atoms with Crippen LogP contribution in [-0.4, -0.2) is 107 Å². The van der Waals surface area contributed by atoms with E-state index >= 15 is 0 Å². The number of benzene rings is 1. The fourth-order valence-corrected chi connectivity index (χ4v) is 15.0. The molecule has 1 fully saturated rings. The molecule has 0 saturated heterocycles. The summed E-state index contributed by atoms with van der Waals surface area (Å²) in [5, 5.41) is 47.6. The average Bonchev–Trinajstić information content (AvgIpc) is 3.76. The summed E-state index contributed by atoms with van der Waals surface area (Å²) in [6.45, 7) is 4.96. The molecule has 8 N–H and O–H groups in total. The van der Waals surface area contributed by atoms with Crippen molar-refractivity contribution in [3.05, 3.63) is 111 Å². The van der Waals surface area contributed by atoms with Gasteiger partial charge >= 0.3 is 5.97 Å². The summed E-state index contributed by atoms with van der Waals surface area (Å²) in [6.07, 6.45) is 0.232. The number of aromatic nitrogens is 7. The molecule has 7 aromatic heterocycles. The highest BCUT2D eigenvalue weighted by Crippen LogP contribution is 2.40. The lowest BCUT2D eigenvalue weighted by Gasteiger charge is -2.24. The van der Waals surface area contributed by atoms with Crippen molar-refractivity contribution >= 4 is 115 Å². The first kappa shape index (κ1) is 59.5. The van der Waals surface area contributed by atoms with Crippen LogP contribution in [0.2, 0.25) is 0 Å². The average molecular weight is 1250 g/mol. The Morgan fingerprint density at radius 2 is 1.37 bits per heavy atom. The van der Waals surface area contributed by atoms with Crippen LogP contribution < -0.4 is 31.9 Å². The van der Waals surface area contributed by atoms with Crippen LogP contribution in [0.25, 0.3) is 43.4 Å². The van der Waals surface area contributed by atoms with Crippen molar-refractivity contribution in [3.63, 3.8) is 0 Å². The second-order valence-corrected chi connectivity index (χ2v) is 25.9. The van der Waals surface area contributed by atoms with Gasteiger partial charge in [0.1, 0.15) is 82.2 Å². The Hall–Kier alpha value is -7.64. The van der Waals surface area contributed by atoms with Gasteiger partial charge in [0.25, 0.3) is 17.7 Å². The van der Waals surface area contributed by atoms with Gasteiger partial charge in [0.15, 0.2) is 0 Å². The molecule has 0 spiro atoms. The number of aliphatic hydroxyl groups is 1. The number of anilines is 1. The number of carbonyl (C=O) groups excluding carboxylic acids is 6. The van der Waals surface area contributed by atoms with Crippen molar-refractivity contribution in [3.8, 4) is 43.4 Å². The van der Waals surface area contributed by atoms with E-state index < -0.39 is 72.2 Å². The third-order valence-corrected chi connectivity index (χ3v) is 19.7. The molecule has 84 heavy (non-hydrogen) atoms. The number of aliphatic carboxylic acids is 1. The number of methoxy groups -OCH3 is 1. The molecule has 6 amide bonds. The maximum atomic E-state index is 14.3. The van der Waals surface area contributed by atoms with Crippen LogP contribution in [0.1, 0.15) is 132 Å². The van der Waals surface area contributed by atoms with Gasteiger partial charge in [0.05, 0.1) is 48.1 Å². The first-order valence-electron chi connectivity index (χ1n) is 26.4. The lowest BCUT2D eigenvalue weighted by atomic mass is 9.81. The van der Waals surface area contributed by atoms with Crippen molar-refractivity contribution < 1.29 is 48.5 Å². The number of hydrogen-bond donors (Lipinski definition) is 8. The van der Waals surface area contributed by atoms with E-state index in [2.05, 4.69) is 31.9 Å². The number of aliphatic hydroxyl groups excluding tert-OH is 1. The summed E-state index contributed by atoms with van der Waals surface area (Å²) in [5.41, 5.74) is 2.71. The first-order valence-corrected chi connectivity index (χ1v) is 31.6. The molecule has 1 saturated carbocycles. The van der Waals surface area contributed by atoms with E-state index in [1.807, 2.05) is 13.8 Å². The van der Waals surface area contributed by atoms with E-state index in [0.717, 1.165) is 11.3 Å². The molecule has 10 rings (SSSR count). The Morgan fingerprint density at radius 1 is 0.679 bits per heavy atom. The van der Waals surface area contributed by atoms with Gasteiger partial charge in [-0.15, -0.1) is 68.0 Å². The first-order chi connectivity index (χ1) is 40.4. The number of rotatable bonds is 11. The Labute approximate surface area is 504 Å². The molecule has 2 aliphatic rings. The molecule has 436 valence electrons. The van der Waals surface area contributed by atoms with Crippen molar-refractivity contribution in [2.24, 2.45) is 17.8 Å². The summed E-state index contributed by atoms with van der Waals surface area (Å²) in [4.78, 5) is 129. The minimum absolute atomic E-state index is 0.000649. The predicted octanol–water partition coefficient (Wildman–Crippen LogP) is 8.14. The number of ether oxygens (including phenoxy) is 1. The van der Waals surface area contributed by atoms with Crippen molar-refractivity contribution in [2.75, 3.05) is 26.0 Å². The molecular formula is C55H55N13O10S6. The molecule has 8 aromatic rings. The number of aryl methyl sites for hydroxylation is 1. The van der Waals surface area contributed by atoms with Crippen LogP contribution in [-0.2, 0) is 30.5 Å². The predicted molar refractivity (Wildman–Crippen MR) is 319 cm³/mol. The maximum absolute atomic E-state index is 14.3. The number of fused-ring (bicyclic) bond motifs is 14. The van der Waals surface area contributed by atoms with Gasteiger partial charge in [-0.1, -0.05) is 44.2 Å². The van der Waals surface area contributed by atoms with Crippen LogP contribution >= 0.6 is 68.0 Å². The number of hydrogen-bond acceptors (Lipinski definition) is 22. The largest absolute Gasteiger partial charge is 0.481 e. The van der Waals surface area contributed by atoms with Crippen LogP contribution in [0.4, 0.5) is 5.82 Å². The van der Waals surface area contributed by atoms with E-state index in [1.165, 1.54) is 70.8 Å². The Morgan fingerprint density at radius 3 is 2.11 bits per heavy atom. The maximum Gasteiger partial charge on any atom is 0.306 e. The second-order valence-electron chi connectivity index (χ2n) is 20.0. The Bertz CT molecular complexity index is 3770. The molecule has 1 aliphatic carbocycles. The molecule has 0 radical (unpaired) electrons. The van der Waals surface area contributed by atoms with Gasteiger partial charge in [0, 0.05) is 52.0 Å². The van der Waals surface area contributed by atoms with Crippen LogP contribution in [0.15, 0.2) is 64.0 Å². The third-order valence-electron chi connectivity index (χ3n) is 13.9.